The zero-order chi connectivity index (χ0) is 19.8. The molecule has 27 heavy (non-hydrogen) atoms. The van der Waals surface area contributed by atoms with Crippen LogP contribution in [0.2, 0.25) is 0 Å². The Kier molecular flexibility index (Phi) is 8.47. The van der Waals surface area contributed by atoms with E-state index in [1.165, 1.54) is 22.4 Å². The van der Waals surface area contributed by atoms with E-state index in [-0.39, 0.29) is 5.56 Å². The fraction of sp³-hybridized carbons (Fsp3) is 0.389. The molecule has 0 aliphatic heterocycles. The van der Waals surface area contributed by atoms with Gasteiger partial charge in [0.15, 0.2) is 11.0 Å². The molecule has 0 amide bonds. The van der Waals surface area contributed by atoms with Crippen LogP contribution in [0.15, 0.2) is 45.4 Å². The number of thioether (sulfide) groups is 1. The monoisotopic (exact) mass is 427 g/mol. The van der Waals surface area contributed by atoms with Crippen molar-refractivity contribution in [3.05, 3.63) is 46.2 Å². The van der Waals surface area contributed by atoms with Gasteiger partial charge < -0.3 is 4.90 Å². The van der Waals surface area contributed by atoms with E-state index in [0.717, 1.165) is 24.3 Å². The van der Waals surface area contributed by atoms with Crippen LogP contribution in [0, 0.1) is 0 Å². The van der Waals surface area contributed by atoms with Crippen molar-refractivity contribution in [2.24, 2.45) is 12.1 Å². The molecule has 1 aromatic carbocycles. The molecule has 0 unspecified atom stereocenters. The third-order valence-corrected chi connectivity index (χ3v) is 5.01. The fourth-order valence-corrected chi connectivity index (χ4v) is 3.37. The predicted octanol–water partition coefficient (Wildman–Crippen LogP) is 3.26. The van der Waals surface area contributed by atoms with E-state index in [0.29, 0.717) is 22.7 Å². The number of benzene rings is 1. The number of alkyl halides is 2. The van der Waals surface area contributed by atoms with Crippen LogP contribution in [0.3, 0.4) is 0 Å². The maximum Gasteiger partial charge on any atom is 0.256 e. The van der Waals surface area contributed by atoms with Crippen molar-refractivity contribution in [2.75, 3.05) is 48.1 Å². The minimum absolute atomic E-state index is 0.116. The SMILES string of the molecule is CSc1nc(N(C)N=Cc2ccc(N(CCCl)CCCl)cc2)cc(=O)n1C. The number of hydrogen-bond acceptors (Lipinski definition) is 6. The summed E-state index contributed by atoms with van der Waals surface area (Å²) >= 11 is 13.1. The maximum atomic E-state index is 12.0. The molecule has 9 heteroatoms. The lowest BCUT2D eigenvalue weighted by Gasteiger charge is -2.22. The van der Waals surface area contributed by atoms with Gasteiger partial charge in [-0.2, -0.15) is 5.10 Å². The van der Waals surface area contributed by atoms with E-state index in [1.807, 2.05) is 30.5 Å². The lowest BCUT2D eigenvalue weighted by molar-refractivity contribution is 0.703. The molecule has 6 nitrogen and oxygen atoms in total. The molecule has 146 valence electrons. The Bertz CT molecular complexity index is 819. The Morgan fingerprint density at radius 1 is 1.22 bits per heavy atom. The van der Waals surface area contributed by atoms with Gasteiger partial charge in [-0.25, -0.2) is 4.98 Å². The van der Waals surface area contributed by atoms with Gasteiger partial charge in [0.05, 0.1) is 6.21 Å². The van der Waals surface area contributed by atoms with Crippen molar-refractivity contribution in [3.8, 4) is 0 Å². The van der Waals surface area contributed by atoms with Crippen LogP contribution in [-0.2, 0) is 7.05 Å². The molecule has 2 aromatic rings. The first-order valence-corrected chi connectivity index (χ1v) is 10.7. The highest BCUT2D eigenvalue weighted by Gasteiger charge is 2.08. The largest absolute Gasteiger partial charge is 0.369 e. The van der Waals surface area contributed by atoms with Crippen molar-refractivity contribution in [3.63, 3.8) is 0 Å². The van der Waals surface area contributed by atoms with Gasteiger partial charge in [0.2, 0.25) is 0 Å². The topological polar surface area (TPSA) is 53.7 Å². The number of anilines is 2. The zero-order valence-electron chi connectivity index (χ0n) is 15.6. The number of hydrogen-bond donors (Lipinski definition) is 0. The van der Waals surface area contributed by atoms with Crippen molar-refractivity contribution in [1.82, 2.24) is 9.55 Å². The molecular weight excluding hydrogens is 405 g/mol. The quantitative estimate of drug-likeness (QED) is 0.202. The van der Waals surface area contributed by atoms with Crippen molar-refractivity contribution >= 4 is 52.7 Å². The molecular formula is C18H23Cl2N5OS. The standard InChI is InChI=1S/C18H23Cl2N5OS/c1-23-17(26)12-16(22-18(23)27-3)24(2)21-13-14-4-6-15(7-5-14)25(10-8-19)11-9-20/h4-7,12-13H,8-11H2,1-3H3. The second-order valence-electron chi connectivity index (χ2n) is 5.72. The fourth-order valence-electron chi connectivity index (χ4n) is 2.41. The second-order valence-corrected chi connectivity index (χ2v) is 7.25. The molecule has 0 saturated carbocycles. The summed E-state index contributed by atoms with van der Waals surface area (Å²) in [5, 5.41) is 6.62. The average molecular weight is 428 g/mol. The van der Waals surface area contributed by atoms with Gasteiger partial charge in [-0.3, -0.25) is 14.4 Å². The third-order valence-electron chi connectivity index (χ3n) is 3.94. The lowest BCUT2D eigenvalue weighted by Crippen LogP contribution is -2.27. The summed E-state index contributed by atoms with van der Waals surface area (Å²) in [7, 11) is 3.47. The van der Waals surface area contributed by atoms with Crippen LogP contribution in [0.1, 0.15) is 5.56 Å². The minimum atomic E-state index is -0.116. The Morgan fingerprint density at radius 3 is 2.41 bits per heavy atom. The van der Waals surface area contributed by atoms with E-state index in [2.05, 4.69) is 15.0 Å². The molecule has 0 aliphatic carbocycles. The first-order valence-electron chi connectivity index (χ1n) is 8.37. The molecule has 0 bridgehead atoms. The Labute approximate surface area is 173 Å². The molecule has 0 radical (unpaired) electrons. The van der Waals surface area contributed by atoms with E-state index < -0.39 is 0 Å². The first-order chi connectivity index (χ1) is 13.0. The highest BCUT2D eigenvalue weighted by atomic mass is 35.5. The van der Waals surface area contributed by atoms with Crippen molar-refractivity contribution < 1.29 is 0 Å². The van der Waals surface area contributed by atoms with Crippen LogP contribution < -0.4 is 15.5 Å². The smallest absolute Gasteiger partial charge is 0.256 e. The van der Waals surface area contributed by atoms with Gasteiger partial charge in [0, 0.05) is 50.7 Å². The second kappa shape index (κ2) is 10.6. The summed E-state index contributed by atoms with van der Waals surface area (Å²) in [4.78, 5) is 18.6. The molecule has 2 rings (SSSR count). The first kappa shape index (κ1) is 21.6. The van der Waals surface area contributed by atoms with Crippen LogP contribution in [-0.4, -0.2) is 53.9 Å². The highest BCUT2D eigenvalue weighted by Crippen LogP contribution is 2.16. The molecule has 0 aliphatic rings. The van der Waals surface area contributed by atoms with Crippen LogP contribution in [0.4, 0.5) is 11.5 Å². The lowest BCUT2D eigenvalue weighted by atomic mass is 10.2. The van der Waals surface area contributed by atoms with Crippen LogP contribution in [0.5, 0.6) is 0 Å². The molecule has 0 atom stereocenters. The summed E-state index contributed by atoms with van der Waals surface area (Å²) in [5.74, 6) is 1.60. The number of nitrogens with zero attached hydrogens (tertiary/aromatic N) is 5. The Morgan fingerprint density at radius 2 is 1.85 bits per heavy atom. The summed E-state index contributed by atoms with van der Waals surface area (Å²) in [6, 6.07) is 9.46. The predicted molar refractivity (Wildman–Crippen MR) is 117 cm³/mol. The molecule has 0 fully saturated rings. The zero-order valence-corrected chi connectivity index (χ0v) is 17.9. The number of aromatic nitrogens is 2. The van der Waals surface area contributed by atoms with Crippen LogP contribution >= 0.6 is 35.0 Å². The van der Waals surface area contributed by atoms with Gasteiger partial charge in [-0.15, -0.1) is 23.2 Å². The van der Waals surface area contributed by atoms with E-state index in [4.69, 9.17) is 23.2 Å². The third kappa shape index (κ3) is 5.89. The molecule has 1 heterocycles. The molecule has 0 spiro atoms. The molecule has 1 aromatic heterocycles. The van der Waals surface area contributed by atoms with Gasteiger partial charge in [0.25, 0.3) is 5.56 Å². The highest BCUT2D eigenvalue weighted by molar-refractivity contribution is 7.98. The van der Waals surface area contributed by atoms with E-state index in [9.17, 15) is 4.79 Å². The van der Waals surface area contributed by atoms with Gasteiger partial charge in [-0.05, 0) is 24.0 Å². The minimum Gasteiger partial charge on any atom is -0.369 e. The number of halogens is 2. The summed E-state index contributed by atoms with van der Waals surface area (Å²) in [6.07, 6.45) is 3.61. The number of hydrazone groups is 1. The average Bonchev–Trinajstić information content (AvgIpc) is 2.68. The van der Waals surface area contributed by atoms with E-state index >= 15 is 0 Å². The van der Waals surface area contributed by atoms with Crippen molar-refractivity contribution in [1.29, 1.82) is 0 Å². The van der Waals surface area contributed by atoms with Gasteiger partial charge in [-0.1, -0.05) is 23.9 Å². The molecule has 0 N–H and O–H groups in total. The molecule has 0 saturated heterocycles. The van der Waals surface area contributed by atoms with Gasteiger partial charge in [0.1, 0.15) is 0 Å². The summed E-state index contributed by atoms with van der Waals surface area (Å²) in [6.45, 7) is 1.49. The summed E-state index contributed by atoms with van der Waals surface area (Å²) < 4.78 is 1.51. The maximum absolute atomic E-state index is 12.0. The normalized spacial score (nSPS) is 11.1. The van der Waals surface area contributed by atoms with Gasteiger partial charge >= 0.3 is 0 Å². The van der Waals surface area contributed by atoms with E-state index in [1.54, 1.807) is 25.3 Å². The Balaban J connectivity index is 2.13. The summed E-state index contributed by atoms with van der Waals surface area (Å²) in [5.41, 5.74) is 1.89. The number of rotatable bonds is 9. The van der Waals surface area contributed by atoms with Crippen molar-refractivity contribution in [2.45, 2.75) is 5.16 Å². The Hall–Kier alpha value is -1.70. The van der Waals surface area contributed by atoms with Crippen LogP contribution in [0.25, 0.3) is 0 Å².